The summed E-state index contributed by atoms with van der Waals surface area (Å²) in [4.78, 5) is 11.2. The average Bonchev–Trinajstić information content (AvgIpc) is 2.52. The Balaban J connectivity index is 0.00000225. The van der Waals surface area contributed by atoms with Crippen LogP contribution in [0.3, 0.4) is 0 Å². The molecular formula is C9H17ClN4OS. The highest BCUT2D eigenvalue weighted by Crippen LogP contribution is 2.27. The first-order valence-corrected chi connectivity index (χ1v) is 5.59. The molecule has 1 rings (SSSR count). The van der Waals surface area contributed by atoms with E-state index in [0.717, 1.165) is 5.01 Å². The van der Waals surface area contributed by atoms with Gasteiger partial charge in [0.25, 0.3) is 0 Å². The van der Waals surface area contributed by atoms with Gasteiger partial charge in [0, 0.05) is 18.4 Å². The van der Waals surface area contributed by atoms with Gasteiger partial charge in [-0.05, 0) is 0 Å². The minimum atomic E-state index is -0.117. The number of nitrogens with zero attached hydrogens (tertiary/aromatic N) is 2. The van der Waals surface area contributed by atoms with E-state index in [2.05, 4.69) is 36.3 Å². The number of rotatable bonds is 3. The second kappa shape index (κ2) is 6.12. The van der Waals surface area contributed by atoms with E-state index in [-0.39, 0.29) is 23.7 Å². The first-order chi connectivity index (χ1) is 6.93. The lowest BCUT2D eigenvalue weighted by Gasteiger charge is -2.12. The van der Waals surface area contributed by atoms with Gasteiger partial charge in [-0.3, -0.25) is 4.79 Å². The van der Waals surface area contributed by atoms with Gasteiger partial charge in [-0.1, -0.05) is 32.1 Å². The number of nitrogens with one attached hydrogen (secondary N) is 1. The van der Waals surface area contributed by atoms with Crippen molar-refractivity contribution in [1.82, 2.24) is 10.2 Å². The monoisotopic (exact) mass is 264 g/mol. The quantitative estimate of drug-likeness (QED) is 0.868. The Bertz CT molecular complexity index is 348. The zero-order valence-electron chi connectivity index (χ0n) is 9.61. The van der Waals surface area contributed by atoms with Crippen LogP contribution in [0.5, 0.6) is 0 Å². The van der Waals surface area contributed by atoms with Crippen molar-refractivity contribution in [2.24, 2.45) is 5.73 Å². The summed E-state index contributed by atoms with van der Waals surface area (Å²) in [6.45, 7) is 6.51. The highest BCUT2D eigenvalue weighted by molar-refractivity contribution is 7.15. The van der Waals surface area contributed by atoms with Crippen LogP contribution in [0.15, 0.2) is 0 Å². The third-order valence-corrected chi connectivity index (χ3v) is 2.95. The van der Waals surface area contributed by atoms with Gasteiger partial charge in [0.05, 0.1) is 0 Å². The van der Waals surface area contributed by atoms with Crippen molar-refractivity contribution in [1.29, 1.82) is 0 Å². The van der Waals surface area contributed by atoms with Crippen molar-refractivity contribution in [3.8, 4) is 0 Å². The standard InChI is InChI=1S/C9H16N4OS.ClH/c1-9(2,3)7-12-13-8(15-7)11-6(14)4-5-10;/h4-5,10H2,1-3H3,(H,11,13,14);1H. The molecule has 0 aliphatic carbocycles. The predicted molar refractivity (Wildman–Crippen MR) is 68.2 cm³/mol. The number of anilines is 1. The molecule has 1 aromatic rings. The maximum absolute atomic E-state index is 11.2. The van der Waals surface area contributed by atoms with Crippen LogP contribution in [0.25, 0.3) is 0 Å². The number of amides is 1. The fraction of sp³-hybridized carbons (Fsp3) is 0.667. The topological polar surface area (TPSA) is 80.9 Å². The molecule has 1 aromatic heterocycles. The van der Waals surface area contributed by atoms with E-state index in [0.29, 0.717) is 18.1 Å². The van der Waals surface area contributed by atoms with Gasteiger partial charge in [0.1, 0.15) is 5.01 Å². The molecule has 7 heteroatoms. The zero-order chi connectivity index (χ0) is 11.5. The molecule has 1 heterocycles. The van der Waals surface area contributed by atoms with Crippen LogP contribution in [-0.2, 0) is 10.2 Å². The largest absolute Gasteiger partial charge is 0.330 e. The predicted octanol–water partition coefficient (Wildman–Crippen LogP) is 1.54. The summed E-state index contributed by atoms with van der Waals surface area (Å²) in [5.74, 6) is -0.117. The third-order valence-electron chi connectivity index (χ3n) is 1.68. The summed E-state index contributed by atoms with van der Waals surface area (Å²) in [6.07, 6.45) is 0.310. The van der Waals surface area contributed by atoms with Crippen LogP contribution in [0, 0.1) is 0 Å². The van der Waals surface area contributed by atoms with Crippen LogP contribution in [-0.4, -0.2) is 22.6 Å². The molecule has 16 heavy (non-hydrogen) atoms. The summed E-state index contributed by atoms with van der Waals surface area (Å²) in [7, 11) is 0. The van der Waals surface area contributed by atoms with E-state index in [1.54, 1.807) is 0 Å². The number of hydrogen-bond donors (Lipinski definition) is 2. The Morgan fingerprint density at radius 3 is 2.50 bits per heavy atom. The molecular weight excluding hydrogens is 248 g/mol. The number of hydrogen-bond acceptors (Lipinski definition) is 5. The van der Waals surface area contributed by atoms with Crippen molar-refractivity contribution in [3.05, 3.63) is 5.01 Å². The van der Waals surface area contributed by atoms with Gasteiger partial charge in [0.15, 0.2) is 0 Å². The molecule has 0 unspecified atom stereocenters. The normalized spacial score (nSPS) is 10.8. The number of carbonyl (C=O) groups is 1. The van der Waals surface area contributed by atoms with E-state index in [1.807, 2.05) is 0 Å². The summed E-state index contributed by atoms with van der Waals surface area (Å²) in [6, 6.07) is 0. The van der Waals surface area contributed by atoms with Crippen LogP contribution in [0.1, 0.15) is 32.2 Å². The van der Waals surface area contributed by atoms with Crippen LogP contribution >= 0.6 is 23.7 Å². The van der Waals surface area contributed by atoms with Gasteiger partial charge in [0.2, 0.25) is 11.0 Å². The van der Waals surface area contributed by atoms with Crippen LogP contribution in [0.2, 0.25) is 0 Å². The Hall–Kier alpha value is -0.720. The molecule has 0 aliphatic heterocycles. The second-order valence-corrected chi connectivity index (χ2v) is 5.23. The van der Waals surface area contributed by atoms with E-state index >= 15 is 0 Å². The number of nitrogens with two attached hydrogens (primary N) is 1. The van der Waals surface area contributed by atoms with Crippen molar-refractivity contribution >= 4 is 34.8 Å². The van der Waals surface area contributed by atoms with Crippen molar-refractivity contribution in [3.63, 3.8) is 0 Å². The number of halogens is 1. The molecule has 0 aliphatic rings. The van der Waals surface area contributed by atoms with Gasteiger partial charge < -0.3 is 11.1 Å². The van der Waals surface area contributed by atoms with Gasteiger partial charge >= 0.3 is 0 Å². The fourth-order valence-corrected chi connectivity index (χ4v) is 1.71. The Labute approximate surface area is 105 Å². The lowest BCUT2D eigenvalue weighted by atomic mass is 9.98. The molecule has 0 spiro atoms. The zero-order valence-corrected chi connectivity index (χ0v) is 11.2. The smallest absolute Gasteiger partial charge is 0.227 e. The van der Waals surface area contributed by atoms with Gasteiger partial charge in [-0.2, -0.15) is 0 Å². The molecule has 0 atom stereocenters. The van der Waals surface area contributed by atoms with Crippen molar-refractivity contribution < 1.29 is 4.79 Å². The summed E-state index contributed by atoms with van der Waals surface area (Å²) in [5, 5.41) is 12.0. The summed E-state index contributed by atoms with van der Waals surface area (Å²) >= 11 is 1.40. The molecule has 1 amide bonds. The first kappa shape index (κ1) is 15.3. The minimum absolute atomic E-state index is 0. The Kier molecular flexibility index (Phi) is 5.85. The second-order valence-electron chi connectivity index (χ2n) is 4.25. The third kappa shape index (κ3) is 4.42. The number of aromatic nitrogens is 2. The molecule has 3 N–H and O–H groups in total. The van der Waals surface area contributed by atoms with Crippen molar-refractivity contribution in [2.75, 3.05) is 11.9 Å². The van der Waals surface area contributed by atoms with E-state index < -0.39 is 0 Å². The van der Waals surface area contributed by atoms with E-state index in [1.165, 1.54) is 11.3 Å². The lowest BCUT2D eigenvalue weighted by Crippen LogP contribution is -2.15. The molecule has 0 radical (unpaired) electrons. The molecule has 0 saturated carbocycles. The molecule has 0 saturated heterocycles. The van der Waals surface area contributed by atoms with Crippen LogP contribution in [0.4, 0.5) is 5.13 Å². The highest BCUT2D eigenvalue weighted by atomic mass is 35.5. The minimum Gasteiger partial charge on any atom is -0.330 e. The van der Waals surface area contributed by atoms with Crippen LogP contribution < -0.4 is 11.1 Å². The number of carbonyl (C=O) groups excluding carboxylic acids is 1. The molecule has 0 aromatic carbocycles. The average molecular weight is 265 g/mol. The Morgan fingerprint density at radius 2 is 2.06 bits per heavy atom. The maximum Gasteiger partial charge on any atom is 0.227 e. The van der Waals surface area contributed by atoms with E-state index in [9.17, 15) is 4.79 Å². The maximum atomic E-state index is 11.2. The lowest BCUT2D eigenvalue weighted by molar-refractivity contribution is -0.116. The molecule has 92 valence electrons. The Morgan fingerprint density at radius 1 is 1.44 bits per heavy atom. The molecule has 5 nitrogen and oxygen atoms in total. The SMILES string of the molecule is CC(C)(C)c1nnc(NC(=O)CCN)s1.Cl. The summed E-state index contributed by atoms with van der Waals surface area (Å²) < 4.78 is 0. The fourth-order valence-electron chi connectivity index (χ4n) is 0.890. The van der Waals surface area contributed by atoms with Gasteiger partial charge in [-0.25, -0.2) is 0 Å². The van der Waals surface area contributed by atoms with Crippen molar-refractivity contribution in [2.45, 2.75) is 32.6 Å². The van der Waals surface area contributed by atoms with E-state index in [4.69, 9.17) is 5.73 Å². The summed E-state index contributed by atoms with van der Waals surface area (Å²) in [5.41, 5.74) is 5.23. The molecule has 0 fully saturated rings. The van der Waals surface area contributed by atoms with Gasteiger partial charge in [-0.15, -0.1) is 22.6 Å². The molecule has 0 bridgehead atoms. The highest BCUT2D eigenvalue weighted by Gasteiger charge is 2.19. The first-order valence-electron chi connectivity index (χ1n) is 4.77.